The van der Waals surface area contributed by atoms with E-state index >= 15 is 0 Å². The van der Waals surface area contributed by atoms with Crippen molar-refractivity contribution in [3.63, 3.8) is 0 Å². The molecule has 0 aliphatic rings. The van der Waals surface area contributed by atoms with Gasteiger partial charge in [-0.05, 0) is 62.5 Å². The van der Waals surface area contributed by atoms with Crippen LogP contribution in [0.5, 0.6) is 5.75 Å². The van der Waals surface area contributed by atoms with Gasteiger partial charge in [-0.15, -0.1) is 11.3 Å². The Kier molecular flexibility index (Phi) is 6.10. The van der Waals surface area contributed by atoms with Gasteiger partial charge in [0.1, 0.15) is 5.75 Å². The van der Waals surface area contributed by atoms with Crippen molar-refractivity contribution < 1.29 is 9.53 Å². The molecule has 112 valence electrons. The topological polar surface area (TPSA) is 38.3 Å². The molecule has 21 heavy (non-hydrogen) atoms. The van der Waals surface area contributed by atoms with Gasteiger partial charge in [-0.2, -0.15) is 0 Å². The van der Waals surface area contributed by atoms with E-state index in [-0.39, 0.29) is 5.91 Å². The van der Waals surface area contributed by atoms with Gasteiger partial charge in [0.2, 0.25) is 0 Å². The van der Waals surface area contributed by atoms with Crippen molar-refractivity contribution in [2.75, 3.05) is 11.9 Å². The fourth-order valence-corrected chi connectivity index (χ4v) is 3.68. The predicted molar refractivity (Wildman–Crippen MR) is 94.9 cm³/mol. The van der Waals surface area contributed by atoms with E-state index in [4.69, 9.17) is 16.3 Å². The minimum atomic E-state index is -0.199. The van der Waals surface area contributed by atoms with E-state index < -0.39 is 0 Å². The summed E-state index contributed by atoms with van der Waals surface area (Å²) in [5.41, 5.74) is 0.571. The van der Waals surface area contributed by atoms with Gasteiger partial charge in [0, 0.05) is 9.50 Å². The van der Waals surface area contributed by atoms with Gasteiger partial charge in [0.05, 0.1) is 21.0 Å². The first-order chi connectivity index (χ1) is 10.0. The van der Waals surface area contributed by atoms with Gasteiger partial charge in [-0.3, -0.25) is 4.79 Å². The summed E-state index contributed by atoms with van der Waals surface area (Å²) in [5, 5.41) is 3.38. The number of thiophene rings is 1. The van der Waals surface area contributed by atoms with Crippen molar-refractivity contribution in [3.05, 3.63) is 42.4 Å². The van der Waals surface area contributed by atoms with Gasteiger partial charge in [0.25, 0.3) is 5.91 Å². The Hall–Kier alpha value is -0.560. The van der Waals surface area contributed by atoms with E-state index in [2.05, 4.69) is 37.2 Å². The standard InChI is InChI=1S/C14H12Br2ClNO2S/c1-2-5-20-11-4-3-8(17)6-10(11)18-14(19)12-7-9(15)13(16)21-12/h3-4,6-7H,2,5H2,1H3,(H,18,19). The molecule has 0 saturated heterocycles. The molecule has 0 bridgehead atoms. The van der Waals surface area contributed by atoms with Crippen LogP contribution in [0.15, 0.2) is 32.5 Å². The molecular weight excluding hydrogens is 441 g/mol. The second-order valence-corrected chi connectivity index (χ2v) is 7.84. The summed E-state index contributed by atoms with van der Waals surface area (Å²) in [7, 11) is 0. The second kappa shape index (κ2) is 7.63. The van der Waals surface area contributed by atoms with Crippen LogP contribution in [0, 0.1) is 0 Å². The summed E-state index contributed by atoms with van der Waals surface area (Å²) in [5.74, 6) is 0.416. The highest BCUT2D eigenvalue weighted by Gasteiger charge is 2.14. The minimum Gasteiger partial charge on any atom is -0.491 e. The third-order valence-electron chi connectivity index (χ3n) is 2.52. The molecule has 1 heterocycles. The lowest BCUT2D eigenvalue weighted by Gasteiger charge is -2.12. The molecule has 0 radical (unpaired) electrons. The van der Waals surface area contributed by atoms with Crippen LogP contribution in [0.2, 0.25) is 5.02 Å². The molecule has 0 fully saturated rings. The van der Waals surface area contributed by atoms with Crippen molar-refractivity contribution in [1.82, 2.24) is 0 Å². The lowest BCUT2D eigenvalue weighted by Crippen LogP contribution is -2.11. The zero-order valence-electron chi connectivity index (χ0n) is 11.1. The largest absolute Gasteiger partial charge is 0.491 e. The second-order valence-electron chi connectivity index (χ2n) is 4.18. The summed E-state index contributed by atoms with van der Waals surface area (Å²) in [6, 6.07) is 6.94. The van der Waals surface area contributed by atoms with Crippen LogP contribution in [-0.2, 0) is 0 Å². The first kappa shape index (κ1) is 16.8. The summed E-state index contributed by atoms with van der Waals surface area (Å²) in [6.07, 6.45) is 0.890. The molecule has 0 atom stereocenters. The van der Waals surface area contributed by atoms with Crippen LogP contribution in [-0.4, -0.2) is 12.5 Å². The van der Waals surface area contributed by atoms with Crippen LogP contribution in [0.1, 0.15) is 23.0 Å². The molecule has 0 aliphatic carbocycles. The Morgan fingerprint density at radius 2 is 2.14 bits per heavy atom. The molecule has 0 unspecified atom stereocenters. The minimum absolute atomic E-state index is 0.199. The molecule has 0 aliphatic heterocycles. The fraction of sp³-hybridized carbons (Fsp3) is 0.214. The van der Waals surface area contributed by atoms with E-state index in [1.54, 1.807) is 24.3 Å². The molecule has 1 amide bonds. The number of carbonyl (C=O) groups is 1. The zero-order chi connectivity index (χ0) is 15.4. The number of hydrogen-bond acceptors (Lipinski definition) is 3. The van der Waals surface area contributed by atoms with Crippen molar-refractivity contribution in [1.29, 1.82) is 0 Å². The van der Waals surface area contributed by atoms with E-state index in [0.717, 1.165) is 14.7 Å². The molecular formula is C14H12Br2ClNO2S. The fourth-order valence-electron chi connectivity index (χ4n) is 1.58. The maximum Gasteiger partial charge on any atom is 0.265 e. The van der Waals surface area contributed by atoms with Gasteiger partial charge >= 0.3 is 0 Å². The Morgan fingerprint density at radius 3 is 2.76 bits per heavy atom. The first-order valence-corrected chi connectivity index (χ1v) is 8.98. The molecule has 2 aromatic rings. The van der Waals surface area contributed by atoms with Gasteiger partial charge in [0.15, 0.2) is 0 Å². The van der Waals surface area contributed by atoms with E-state index in [0.29, 0.717) is 27.9 Å². The molecule has 1 N–H and O–H groups in total. The van der Waals surface area contributed by atoms with Crippen LogP contribution < -0.4 is 10.1 Å². The number of benzene rings is 1. The summed E-state index contributed by atoms with van der Waals surface area (Å²) in [4.78, 5) is 12.9. The van der Waals surface area contributed by atoms with E-state index in [1.165, 1.54) is 11.3 Å². The number of hydrogen-bond donors (Lipinski definition) is 1. The Morgan fingerprint density at radius 1 is 1.38 bits per heavy atom. The average molecular weight is 454 g/mol. The smallest absolute Gasteiger partial charge is 0.265 e. The molecule has 1 aromatic heterocycles. The first-order valence-electron chi connectivity index (χ1n) is 6.19. The molecule has 7 heteroatoms. The van der Waals surface area contributed by atoms with Crippen LogP contribution >= 0.6 is 54.8 Å². The molecule has 0 spiro atoms. The van der Waals surface area contributed by atoms with Crippen molar-refractivity contribution >= 4 is 66.4 Å². The average Bonchev–Trinajstić information content (AvgIpc) is 2.78. The van der Waals surface area contributed by atoms with E-state index in [1.807, 2.05) is 6.92 Å². The summed E-state index contributed by atoms with van der Waals surface area (Å²) in [6.45, 7) is 2.61. The number of anilines is 1. The lowest BCUT2D eigenvalue weighted by atomic mass is 10.3. The molecule has 0 saturated carbocycles. The number of amides is 1. The Labute approximate surface area is 148 Å². The van der Waals surface area contributed by atoms with Crippen molar-refractivity contribution in [2.24, 2.45) is 0 Å². The number of rotatable bonds is 5. The van der Waals surface area contributed by atoms with Crippen LogP contribution in [0.4, 0.5) is 5.69 Å². The highest BCUT2D eigenvalue weighted by atomic mass is 79.9. The normalized spacial score (nSPS) is 10.5. The van der Waals surface area contributed by atoms with Gasteiger partial charge in [-0.1, -0.05) is 18.5 Å². The number of nitrogens with one attached hydrogen (secondary N) is 1. The molecule has 2 rings (SSSR count). The van der Waals surface area contributed by atoms with Gasteiger partial charge in [-0.25, -0.2) is 0 Å². The van der Waals surface area contributed by atoms with Crippen molar-refractivity contribution in [2.45, 2.75) is 13.3 Å². The maximum atomic E-state index is 12.3. The van der Waals surface area contributed by atoms with Crippen LogP contribution in [0.3, 0.4) is 0 Å². The van der Waals surface area contributed by atoms with Crippen LogP contribution in [0.25, 0.3) is 0 Å². The predicted octanol–water partition coefficient (Wildman–Crippen LogP) is 5.97. The Balaban J connectivity index is 2.21. The quantitative estimate of drug-likeness (QED) is 0.606. The van der Waals surface area contributed by atoms with Crippen molar-refractivity contribution in [3.8, 4) is 5.75 Å². The maximum absolute atomic E-state index is 12.3. The summed E-state index contributed by atoms with van der Waals surface area (Å²) < 4.78 is 7.35. The van der Waals surface area contributed by atoms with Gasteiger partial charge < -0.3 is 10.1 Å². The van der Waals surface area contributed by atoms with E-state index in [9.17, 15) is 4.79 Å². The molecule has 3 nitrogen and oxygen atoms in total. The molecule has 1 aromatic carbocycles. The Bertz CT molecular complexity index is 641. The monoisotopic (exact) mass is 451 g/mol. The highest BCUT2D eigenvalue weighted by Crippen LogP contribution is 2.34. The zero-order valence-corrected chi connectivity index (χ0v) is 15.8. The number of carbonyl (C=O) groups excluding carboxylic acids is 1. The number of halogens is 3. The third kappa shape index (κ3) is 4.45. The lowest BCUT2D eigenvalue weighted by molar-refractivity contribution is 0.103. The third-order valence-corrected chi connectivity index (χ3v) is 6.01. The SMILES string of the molecule is CCCOc1ccc(Cl)cc1NC(=O)c1cc(Br)c(Br)s1. The number of ether oxygens (including phenoxy) is 1. The highest BCUT2D eigenvalue weighted by molar-refractivity contribution is 9.13. The summed E-state index contributed by atoms with van der Waals surface area (Å²) >= 11 is 14.1.